The molecule has 30 heavy (non-hydrogen) atoms. The molecule has 0 spiro atoms. The second-order valence-corrected chi connectivity index (χ2v) is 7.69. The lowest BCUT2D eigenvalue weighted by molar-refractivity contribution is -0.121. The molecule has 0 saturated carbocycles. The summed E-state index contributed by atoms with van der Waals surface area (Å²) >= 11 is 0. The van der Waals surface area contributed by atoms with Gasteiger partial charge >= 0.3 is 0 Å². The maximum atomic E-state index is 12.9. The number of benzene rings is 3. The highest BCUT2D eigenvalue weighted by atomic mass is 16.2. The predicted octanol–water partition coefficient (Wildman–Crippen LogP) is 4.14. The Hall–Kier alpha value is -3.47. The van der Waals surface area contributed by atoms with Crippen molar-refractivity contribution in [2.45, 2.75) is 25.7 Å². The molecule has 3 amide bonds. The first-order valence-corrected chi connectivity index (χ1v) is 10.3. The van der Waals surface area contributed by atoms with Crippen molar-refractivity contribution < 1.29 is 14.4 Å². The van der Waals surface area contributed by atoms with Gasteiger partial charge in [-0.05, 0) is 35.4 Å². The zero-order chi connectivity index (χ0) is 21.1. The van der Waals surface area contributed by atoms with Crippen molar-refractivity contribution in [1.29, 1.82) is 0 Å². The third kappa shape index (κ3) is 3.83. The van der Waals surface area contributed by atoms with Crippen molar-refractivity contribution in [2.24, 2.45) is 0 Å². The zero-order valence-corrected chi connectivity index (χ0v) is 16.9. The molecule has 0 fully saturated rings. The molecule has 1 atom stereocenters. The quantitative estimate of drug-likeness (QED) is 0.606. The van der Waals surface area contributed by atoms with Crippen LogP contribution in [0.25, 0.3) is 10.8 Å². The Morgan fingerprint density at radius 1 is 0.900 bits per heavy atom. The molecule has 1 unspecified atom stereocenters. The number of nitrogens with one attached hydrogen (secondary N) is 1. The van der Waals surface area contributed by atoms with Crippen LogP contribution >= 0.6 is 0 Å². The number of carbonyl (C=O) groups excluding carboxylic acids is 3. The Morgan fingerprint density at radius 2 is 1.53 bits per heavy atom. The minimum atomic E-state index is -0.289. The summed E-state index contributed by atoms with van der Waals surface area (Å²) in [5, 5.41) is 4.55. The minimum absolute atomic E-state index is 0.0720. The maximum absolute atomic E-state index is 12.9. The molecule has 3 aromatic carbocycles. The van der Waals surface area contributed by atoms with E-state index in [4.69, 9.17) is 0 Å². The molecule has 0 aliphatic carbocycles. The lowest BCUT2D eigenvalue weighted by Gasteiger charge is -2.27. The summed E-state index contributed by atoms with van der Waals surface area (Å²) in [6.07, 6.45) is 0.700. The van der Waals surface area contributed by atoms with Gasteiger partial charge < -0.3 is 5.32 Å². The predicted molar refractivity (Wildman–Crippen MR) is 116 cm³/mol. The SMILES string of the molecule is CC(CNC(=O)CCCN1C(=O)c2cccc3cccc(c23)C1=O)c1ccccc1. The second-order valence-electron chi connectivity index (χ2n) is 7.69. The number of carbonyl (C=O) groups is 3. The van der Waals surface area contributed by atoms with Crippen molar-refractivity contribution >= 4 is 28.5 Å². The molecule has 0 saturated heterocycles. The van der Waals surface area contributed by atoms with Crippen molar-refractivity contribution in [3.63, 3.8) is 0 Å². The van der Waals surface area contributed by atoms with E-state index in [1.807, 2.05) is 54.6 Å². The number of imide groups is 1. The van der Waals surface area contributed by atoms with Gasteiger partial charge in [0.25, 0.3) is 11.8 Å². The van der Waals surface area contributed by atoms with Crippen molar-refractivity contribution in [1.82, 2.24) is 10.2 Å². The van der Waals surface area contributed by atoms with Gasteiger partial charge in [-0.25, -0.2) is 0 Å². The van der Waals surface area contributed by atoms with Crippen molar-refractivity contribution in [3.05, 3.63) is 83.4 Å². The summed E-state index contributed by atoms with van der Waals surface area (Å²) in [6, 6.07) is 21.0. The Labute approximate surface area is 175 Å². The van der Waals surface area contributed by atoms with Crippen LogP contribution in [0.4, 0.5) is 0 Å². The fourth-order valence-electron chi connectivity index (χ4n) is 3.94. The first-order chi connectivity index (χ1) is 14.6. The van der Waals surface area contributed by atoms with Gasteiger partial charge in [0.05, 0.1) is 0 Å². The molecule has 0 aromatic heterocycles. The first kappa shape index (κ1) is 19.8. The third-order valence-corrected chi connectivity index (χ3v) is 5.62. The van der Waals surface area contributed by atoms with E-state index in [2.05, 4.69) is 12.2 Å². The van der Waals surface area contributed by atoms with E-state index < -0.39 is 0 Å². The highest BCUT2D eigenvalue weighted by molar-refractivity contribution is 6.25. The van der Waals surface area contributed by atoms with E-state index in [9.17, 15) is 14.4 Å². The van der Waals surface area contributed by atoms with Gasteiger partial charge in [-0.2, -0.15) is 0 Å². The standard InChI is InChI=1S/C25H24N2O3/c1-17(18-8-3-2-4-9-18)16-26-22(28)14-7-15-27-24(29)20-12-5-10-19-11-6-13-21(23(19)20)25(27)30/h2-6,8-13,17H,7,14-16H2,1H3,(H,26,28). The van der Waals surface area contributed by atoms with Crippen LogP contribution in [0.1, 0.15) is 52.0 Å². The average Bonchev–Trinajstić information content (AvgIpc) is 2.78. The van der Waals surface area contributed by atoms with Crippen LogP contribution in [0.15, 0.2) is 66.7 Å². The molecule has 152 valence electrons. The van der Waals surface area contributed by atoms with Gasteiger partial charge in [0.2, 0.25) is 5.91 Å². The average molecular weight is 400 g/mol. The van der Waals surface area contributed by atoms with Gasteiger partial charge in [-0.15, -0.1) is 0 Å². The Bertz CT molecular complexity index is 1060. The summed E-state index contributed by atoms with van der Waals surface area (Å²) in [7, 11) is 0. The number of nitrogens with zero attached hydrogens (tertiary/aromatic N) is 1. The molecular formula is C25H24N2O3. The molecule has 1 aliphatic rings. The Balaban J connectivity index is 1.34. The van der Waals surface area contributed by atoms with Crippen LogP contribution in [-0.2, 0) is 4.79 Å². The normalized spacial score (nSPS) is 14.1. The van der Waals surface area contributed by atoms with Crippen LogP contribution < -0.4 is 5.32 Å². The second kappa shape index (κ2) is 8.49. The molecule has 0 radical (unpaired) electrons. The smallest absolute Gasteiger partial charge is 0.261 e. The number of amides is 3. The minimum Gasteiger partial charge on any atom is -0.356 e. The summed E-state index contributed by atoms with van der Waals surface area (Å²) in [5.74, 6) is -0.431. The zero-order valence-electron chi connectivity index (χ0n) is 16.9. The topological polar surface area (TPSA) is 66.5 Å². The van der Waals surface area contributed by atoms with Crippen LogP contribution in [0.2, 0.25) is 0 Å². The molecule has 5 nitrogen and oxygen atoms in total. The van der Waals surface area contributed by atoms with E-state index in [1.165, 1.54) is 10.5 Å². The van der Waals surface area contributed by atoms with Crippen LogP contribution in [0.5, 0.6) is 0 Å². The Morgan fingerprint density at radius 3 is 2.17 bits per heavy atom. The number of hydrogen-bond acceptors (Lipinski definition) is 3. The van der Waals surface area contributed by atoms with E-state index in [0.717, 1.165) is 10.8 Å². The largest absolute Gasteiger partial charge is 0.356 e. The lowest BCUT2D eigenvalue weighted by Crippen LogP contribution is -2.41. The van der Waals surface area contributed by atoms with E-state index in [-0.39, 0.29) is 36.6 Å². The molecule has 1 heterocycles. The van der Waals surface area contributed by atoms with Gasteiger partial charge in [-0.3, -0.25) is 19.3 Å². The van der Waals surface area contributed by atoms with Gasteiger partial charge in [0, 0.05) is 36.0 Å². The van der Waals surface area contributed by atoms with Crippen LogP contribution in [-0.4, -0.2) is 35.7 Å². The molecule has 1 N–H and O–H groups in total. The highest BCUT2D eigenvalue weighted by Gasteiger charge is 2.32. The van der Waals surface area contributed by atoms with E-state index in [0.29, 0.717) is 24.1 Å². The summed E-state index contributed by atoms with van der Waals surface area (Å²) < 4.78 is 0. The fourth-order valence-corrected chi connectivity index (χ4v) is 3.94. The van der Waals surface area contributed by atoms with Gasteiger partial charge in [0.15, 0.2) is 0 Å². The third-order valence-electron chi connectivity index (χ3n) is 5.62. The molecular weight excluding hydrogens is 376 g/mol. The summed E-state index contributed by atoms with van der Waals surface area (Å²) in [5.41, 5.74) is 2.27. The lowest BCUT2D eigenvalue weighted by atomic mass is 9.94. The summed E-state index contributed by atoms with van der Waals surface area (Å²) in [4.78, 5) is 39.2. The van der Waals surface area contributed by atoms with Crippen molar-refractivity contribution in [3.8, 4) is 0 Å². The maximum Gasteiger partial charge on any atom is 0.261 e. The molecule has 5 heteroatoms. The number of hydrogen-bond donors (Lipinski definition) is 1. The molecule has 0 bridgehead atoms. The molecule has 4 rings (SSSR count). The van der Waals surface area contributed by atoms with E-state index >= 15 is 0 Å². The highest BCUT2D eigenvalue weighted by Crippen LogP contribution is 2.30. The molecule has 1 aliphatic heterocycles. The van der Waals surface area contributed by atoms with E-state index in [1.54, 1.807) is 12.1 Å². The number of rotatable bonds is 7. The fraction of sp³-hybridized carbons (Fsp3) is 0.240. The van der Waals surface area contributed by atoms with Gasteiger partial charge in [0.1, 0.15) is 0 Å². The van der Waals surface area contributed by atoms with Crippen molar-refractivity contribution in [2.75, 3.05) is 13.1 Å². The van der Waals surface area contributed by atoms with Gasteiger partial charge in [-0.1, -0.05) is 61.5 Å². The monoisotopic (exact) mass is 400 g/mol. The summed E-state index contributed by atoms with van der Waals surface area (Å²) in [6.45, 7) is 2.85. The Kier molecular flexibility index (Phi) is 5.61. The van der Waals surface area contributed by atoms with Crippen LogP contribution in [0.3, 0.4) is 0 Å². The van der Waals surface area contributed by atoms with Crippen LogP contribution in [0, 0.1) is 0 Å². The first-order valence-electron chi connectivity index (χ1n) is 10.3. The molecule has 3 aromatic rings.